The Labute approximate surface area is 132 Å². The lowest BCUT2D eigenvalue weighted by Crippen LogP contribution is -2.25. The van der Waals surface area contributed by atoms with E-state index in [0.717, 1.165) is 11.0 Å². The van der Waals surface area contributed by atoms with Gasteiger partial charge in [-0.1, -0.05) is 17.3 Å². The van der Waals surface area contributed by atoms with Gasteiger partial charge in [-0.2, -0.15) is 0 Å². The molecule has 3 rings (SSSR count). The molecule has 120 valence electrons. The average molecular weight is 314 g/mol. The normalized spacial score (nSPS) is 11.0. The van der Waals surface area contributed by atoms with Crippen molar-refractivity contribution in [2.45, 2.75) is 33.4 Å². The van der Waals surface area contributed by atoms with Crippen LogP contribution in [0.25, 0.3) is 11.0 Å². The summed E-state index contributed by atoms with van der Waals surface area (Å²) < 4.78 is 8.23. The number of para-hydroxylation sites is 2. The summed E-state index contributed by atoms with van der Waals surface area (Å²) in [5.74, 6) is 0.803. The number of nitrogens with one attached hydrogen (secondary N) is 1. The molecule has 0 saturated heterocycles. The summed E-state index contributed by atoms with van der Waals surface area (Å²) in [6.07, 6.45) is 0.184. The van der Waals surface area contributed by atoms with E-state index in [0.29, 0.717) is 24.7 Å². The third-order valence-corrected chi connectivity index (χ3v) is 3.70. The maximum Gasteiger partial charge on any atom is 0.329 e. The van der Waals surface area contributed by atoms with E-state index >= 15 is 0 Å². The Bertz CT molecular complexity index is 904. The van der Waals surface area contributed by atoms with Gasteiger partial charge in [-0.05, 0) is 26.0 Å². The lowest BCUT2D eigenvalue weighted by atomic mass is 10.3. The summed E-state index contributed by atoms with van der Waals surface area (Å²) >= 11 is 0. The summed E-state index contributed by atoms with van der Waals surface area (Å²) in [4.78, 5) is 24.5. The van der Waals surface area contributed by atoms with Crippen molar-refractivity contribution in [3.8, 4) is 0 Å². The molecule has 0 aliphatic carbocycles. The van der Waals surface area contributed by atoms with Crippen LogP contribution in [0, 0.1) is 6.92 Å². The van der Waals surface area contributed by atoms with Crippen LogP contribution in [-0.2, 0) is 17.9 Å². The van der Waals surface area contributed by atoms with E-state index in [4.69, 9.17) is 4.52 Å². The highest BCUT2D eigenvalue weighted by atomic mass is 16.5. The predicted molar refractivity (Wildman–Crippen MR) is 86.4 cm³/mol. The second-order valence-corrected chi connectivity index (χ2v) is 5.29. The van der Waals surface area contributed by atoms with Crippen LogP contribution in [0.2, 0.25) is 0 Å². The van der Waals surface area contributed by atoms with E-state index in [1.165, 1.54) is 0 Å². The van der Waals surface area contributed by atoms with Crippen LogP contribution in [0.5, 0.6) is 0 Å². The first-order chi connectivity index (χ1) is 11.1. The molecule has 0 aliphatic heterocycles. The molecule has 1 amide bonds. The van der Waals surface area contributed by atoms with Crippen molar-refractivity contribution in [1.29, 1.82) is 0 Å². The van der Waals surface area contributed by atoms with Gasteiger partial charge in [0.2, 0.25) is 5.91 Å². The van der Waals surface area contributed by atoms with E-state index in [2.05, 4.69) is 10.5 Å². The molecule has 0 unspecified atom stereocenters. The van der Waals surface area contributed by atoms with Gasteiger partial charge in [0, 0.05) is 25.6 Å². The number of carbonyl (C=O) groups excluding carboxylic acids is 1. The van der Waals surface area contributed by atoms with E-state index in [-0.39, 0.29) is 18.0 Å². The number of hydrogen-bond acceptors (Lipinski definition) is 4. The molecule has 2 aromatic heterocycles. The number of fused-ring (bicyclic) bond motifs is 1. The Kier molecular flexibility index (Phi) is 4.01. The molecule has 7 nitrogen and oxygen atoms in total. The van der Waals surface area contributed by atoms with Crippen molar-refractivity contribution in [2.24, 2.45) is 0 Å². The first-order valence-electron chi connectivity index (χ1n) is 7.51. The fourth-order valence-electron chi connectivity index (χ4n) is 2.64. The fourth-order valence-corrected chi connectivity index (χ4v) is 2.64. The minimum Gasteiger partial charge on any atom is -0.360 e. The molecular formula is C16H18N4O3. The third-order valence-electron chi connectivity index (χ3n) is 3.70. The summed E-state index contributed by atoms with van der Waals surface area (Å²) in [6, 6.07) is 9.23. The monoisotopic (exact) mass is 314 g/mol. The number of imidazole rings is 1. The maximum atomic E-state index is 12.5. The van der Waals surface area contributed by atoms with Gasteiger partial charge in [-0.15, -0.1) is 0 Å². The van der Waals surface area contributed by atoms with E-state index in [9.17, 15) is 9.59 Å². The SMILES string of the molecule is CCn1c(=O)n(CCC(=O)Nc2cc(C)on2)c2ccccc21. The number of amides is 1. The molecule has 0 bridgehead atoms. The zero-order valence-corrected chi connectivity index (χ0v) is 13.1. The lowest BCUT2D eigenvalue weighted by Gasteiger charge is -2.03. The Hall–Kier alpha value is -2.83. The van der Waals surface area contributed by atoms with E-state index < -0.39 is 0 Å². The van der Waals surface area contributed by atoms with Crippen LogP contribution in [0.15, 0.2) is 39.6 Å². The highest BCUT2D eigenvalue weighted by Crippen LogP contribution is 2.13. The predicted octanol–water partition coefficient (Wildman–Crippen LogP) is 2.15. The second-order valence-electron chi connectivity index (χ2n) is 5.29. The molecule has 3 aromatic rings. The van der Waals surface area contributed by atoms with Crippen molar-refractivity contribution < 1.29 is 9.32 Å². The molecule has 0 spiro atoms. The van der Waals surface area contributed by atoms with Gasteiger partial charge in [-0.25, -0.2) is 4.79 Å². The van der Waals surface area contributed by atoms with Gasteiger partial charge in [-0.3, -0.25) is 13.9 Å². The molecule has 7 heteroatoms. The van der Waals surface area contributed by atoms with Crippen LogP contribution in [0.4, 0.5) is 5.82 Å². The molecule has 0 fully saturated rings. The molecule has 23 heavy (non-hydrogen) atoms. The van der Waals surface area contributed by atoms with Gasteiger partial charge < -0.3 is 9.84 Å². The summed E-state index contributed by atoms with van der Waals surface area (Å²) in [6.45, 7) is 4.59. The molecule has 1 aromatic carbocycles. The maximum absolute atomic E-state index is 12.5. The van der Waals surface area contributed by atoms with Crippen molar-refractivity contribution in [2.75, 3.05) is 5.32 Å². The quantitative estimate of drug-likeness (QED) is 0.782. The number of anilines is 1. The molecule has 0 radical (unpaired) electrons. The molecule has 2 heterocycles. The number of aromatic nitrogens is 3. The van der Waals surface area contributed by atoms with Crippen LogP contribution >= 0.6 is 0 Å². The highest BCUT2D eigenvalue weighted by Gasteiger charge is 2.13. The number of benzene rings is 1. The summed E-state index contributed by atoms with van der Waals surface area (Å²) in [5.41, 5.74) is 1.62. The minimum absolute atomic E-state index is 0.0984. The van der Waals surface area contributed by atoms with Gasteiger partial charge >= 0.3 is 5.69 Å². The topological polar surface area (TPSA) is 82.1 Å². The standard InChI is InChI=1S/C16H18N4O3/c1-3-19-12-6-4-5-7-13(12)20(16(19)22)9-8-15(21)17-14-10-11(2)23-18-14/h4-7,10H,3,8-9H2,1-2H3,(H,17,18,21). The van der Waals surface area contributed by atoms with Crippen LogP contribution in [0.1, 0.15) is 19.1 Å². The van der Waals surface area contributed by atoms with Crippen LogP contribution in [-0.4, -0.2) is 20.2 Å². The smallest absolute Gasteiger partial charge is 0.329 e. The third kappa shape index (κ3) is 2.90. The summed E-state index contributed by atoms with van der Waals surface area (Å²) in [5, 5.41) is 6.37. The fraction of sp³-hybridized carbons (Fsp3) is 0.312. The number of rotatable bonds is 5. The van der Waals surface area contributed by atoms with Gasteiger partial charge in [0.15, 0.2) is 5.82 Å². The van der Waals surface area contributed by atoms with Crippen molar-refractivity contribution in [3.63, 3.8) is 0 Å². The first kappa shape index (κ1) is 15.1. The van der Waals surface area contributed by atoms with Crippen molar-refractivity contribution in [1.82, 2.24) is 14.3 Å². The van der Waals surface area contributed by atoms with E-state index in [1.54, 1.807) is 22.1 Å². The zero-order chi connectivity index (χ0) is 16.4. The van der Waals surface area contributed by atoms with Gasteiger partial charge in [0.1, 0.15) is 5.76 Å². The van der Waals surface area contributed by atoms with Crippen LogP contribution in [0.3, 0.4) is 0 Å². The largest absolute Gasteiger partial charge is 0.360 e. The minimum atomic E-state index is -0.210. The molecule has 0 aliphatic rings. The van der Waals surface area contributed by atoms with Crippen molar-refractivity contribution >= 4 is 22.8 Å². The Balaban J connectivity index is 1.78. The number of nitrogens with zero attached hydrogens (tertiary/aromatic N) is 3. The number of hydrogen-bond donors (Lipinski definition) is 1. The van der Waals surface area contributed by atoms with Gasteiger partial charge in [0.05, 0.1) is 11.0 Å². The van der Waals surface area contributed by atoms with E-state index in [1.807, 2.05) is 31.2 Å². The molecule has 1 N–H and O–H groups in total. The average Bonchev–Trinajstić information content (AvgIpc) is 3.05. The summed E-state index contributed by atoms with van der Waals surface area (Å²) in [7, 11) is 0. The van der Waals surface area contributed by atoms with Gasteiger partial charge in [0.25, 0.3) is 0 Å². The lowest BCUT2D eigenvalue weighted by molar-refractivity contribution is -0.116. The zero-order valence-electron chi connectivity index (χ0n) is 13.1. The number of carbonyl (C=O) groups is 1. The molecule has 0 saturated carbocycles. The Morgan fingerprint density at radius 1 is 1.26 bits per heavy atom. The first-order valence-corrected chi connectivity index (χ1v) is 7.51. The molecule has 0 atom stereocenters. The van der Waals surface area contributed by atoms with Crippen LogP contribution < -0.4 is 11.0 Å². The Morgan fingerprint density at radius 2 is 1.96 bits per heavy atom. The second kappa shape index (κ2) is 6.12. The Morgan fingerprint density at radius 3 is 2.57 bits per heavy atom. The highest BCUT2D eigenvalue weighted by molar-refractivity contribution is 5.89. The molecular weight excluding hydrogens is 296 g/mol. The van der Waals surface area contributed by atoms with Crippen molar-refractivity contribution in [3.05, 3.63) is 46.6 Å². The number of aryl methyl sites for hydroxylation is 3.